The zero-order chi connectivity index (χ0) is 31.8. The number of alkyl halides is 3. The molecular weight excluding hydrogens is 583 g/mol. The summed E-state index contributed by atoms with van der Waals surface area (Å²) in [7, 11) is -3.02. The predicted octanol–water partition coefficient (Wildman–Crippen LogP) is 5.63. The summed E-state index contributed by atoms with van der Waals surface area (Å²) in [6.07, 6.45) is -3.90. The molecule has 0 aliphatic rings. The molecule has 3 aromatic carbocycles. The third-order valence-corrected chi connectivity index (χ3v) is 8.73. The molecule has 8 nitrogen and oxygen atoms in total. The van der Waals surface area contributed by atoms with Gasteiger partial charge in [-0.25, -0.2) is 8.42 Å². The van der Waals surface area contributed by atoms with Crippen molar-refractivity contribution in [3.05, 3.63) is 90.0 Å². The SMILES string of the molecule is CC[C@H](C)NC(=O)[C@H](CC)N(Cc1cccc(OC)c1)C(=O)CN(c1cccc(C(F)(F)F)c1)S(=O)(=O)c1ccccc1. The van der Waals surface area contributed by atoms with Crippen LogP contribution in [0.3, 0.4) is 0 Å². The summed E-state index contributed by atoms with van der Waals surface area (Å²) in [4.78, 5) is 28.5. The first kappa shape index (κ1) is 33.4. The molecule has 0 heterocycles. The van der Waals surface area contributed by atoms with Crippen molar-refractivity contribution in [1.82, 2.24) is 10.2 Å². The van der Waals surface area contributed by atoms with Gasteiger partial charge in [0.25, 0.3) is 10.0 Å². The first-order chi connectivity index (χ1) is 20.3. The van der Waals surface area contributed by atoms with E-state index in [1.165, 1.54) is 42.3 Å². The van der Waals surface area contributed by atoms with Crippen LogP contribution in [0.4, 0.5) is 18.9 Å². The molecule has 0 aliphatic carbocycles. The van der Waals surface area contributed by atoms with E-state index in [2.05, 4.69) is 5.32 Å². The second-order valence-corrected chi connectivity index (χ2v) is 11.9. The summed E-state index contributed by atoms with van der Waals surface area (Å²) < 4.78 is 74.5. The molecule has 12 heteroatoms. The van der Waals surface area contributed by atoms with Gasteiger partial charge in [-0.3, -0.25) is 13.9 Å². The van der Waals surface area contributed by atoms with E-state index in [-0.39, 0.29) is 29.6 Å². The minimum atomic E-state index is -4.75. The highest BCUT2D eigenvalue weighted by molar-refractivity contribution is 7.92. The van der Waals surface area contributed by atoms with Crippen LogP contribution < -0.4 is 14.4 Å². The normalized spacial score (nSPS) is 13.1. The number of sulfonamides is 1. The van der Waals surface area contributed by atoms with Gasteiger partial charge in [-0.2, -0.15) is 13.2 Å². The molecule has 0 unspecified atom stereocenters. The maximum absolute atomic E-state index is 14.1. The average Bonchev–Trinajstić information content (AvgIpc) is 2.99. The Balaban J connectivity index is 2.12. The lowest BCUT2D eigenvalue weighted by atomic mass is 10.1. The van der Waals surface area contributed by atoms with E-state index >= 15 is 0 Å². The van der Waals surface area contributed by atoms with E-state index in [1.807, 2.05) is 13.8 Å². The summed E-state index contributed by atoms with van der Waals surface area (Å²) in [6, 6.07) is 16.6. The maximum atomic E-state index is 14.1. The van der Waals surface area contributed by atoms with Crippen LogP contribution in [0.1, 0.15) is 44.7 Å². The summed E-state index contributed by atoms with van der Waals surface area (Å²) in [5.41, 5.74) is -0.803. The zero-order valence-electron chi connectivity index (χ0n) is 24.5. The van der Waals surface area contributed by atoms with Crippen LogP contribution in [0.15, 0.2) is 83.8 Å². The van der Waals surface area contributed by atoms with E-state index in [9.17, 15) is 31.2 Å². The van der Waals surface area contributed by atoms with Gasteiger partial charge in [0, 0.05) is 12.6 Å². The van der Waals surface area contributed by atoms with Crippen LogP contribution in [0.2, 0.25) is 0 Å². The second-order valence-electron chi connectivity index (χ2n) is 9.99. The number of halogens is 3. The minimum Gasteiger partial charge on any atom is -0.497 e. The van der Waals surface area contributed by atoms with Crippen LogP contribution in [-0.4, -0.2) is 50.9 Å². The Bertz CT molecular complexity index is 1500. The minimum absolute atomic E-state index is 0.0791. The molecule has 3 rings (SSSR count). The monoisotopic (exact) mass is 619 g/mol. The molecule has 2 amide bonds. The molecule has 1 N–H and O–H groups in total. The van der Waals surface area contributed by atoms with Crippen LogP contribution in [0.5, 0.6) is 5.75 Å². The number of ether oxygens (including phenoxy) is 1. The van der Waals surface area contributed by atoms with E-state index in [0.29, 0.717) is 28.1 Å². The molecule has 0 spiro atoms. The number of nitrogens with one attached hydrogen (secondary N) is 1. The lowest BCUT2D eigenvalue weighted by molar-refractivity contribution is -0.140. The Morgan fingerprint density at radius 2 is 1.60 bits per heavy atom. The summed E-state index contributed by atoms with van der Waals surface area (Å²) >= 11 is 0. The Morgan fingerprint density at radius 1 is 0.930 bits per heavy atom. The quantitative estimate of drug-likeness (QED) is 0.268. The third kappa shape index (κ3) is 8.50. The van der Waals surface area contributed by atoms with E-state index in [4.69, 9.17) is 4.74 Å². The largest absolute Gasteiger partial charge is 0.497 e. The topological polar surface area (TPSA) is 96.0 Å². The molecule has 0 saturated heterocycles. The highest BCUT2D eigenvalue weighted by Gasteiger charge is 2.36. The lowest BCUT2D eigenvalue weighted by Crippen LogP contribution is -2.53. The molecule has 2 atom stereocenters. The third-order valence-electron chi connectivity index (χ3n) is 6.95. The van der Waals surface area contributed by atoms with Gasteiger partial charge in [0.15, 0.2) is 0 Å². The molecule has 0 saturated carbocycles. The highest BCUT2D eigenvalue weighted by atomic mass is 32.2. The van der Waals surface area contributed by atoms with Crippen molar-refractivity contribution in [2.45, 2.75) is 63.3 Å². The molecule has 0 fully saturated rings. The van der Waals surface area contributed by atoms with Crippen molar-refractivity contribution >= 4 is 27.5 Å². The van der Waals surface area contributed by atoms with Crippen LogP contribution >= 0.6 is 0 Å². The maximum Gasteiger partial charge on any atom is 0.416 e. The van der Waals surface area contributed by atoms with Gasteiger partial charge >= 0.3 is 6.18 Å². The van der Waals surface area contributed by atoms with Gasteiger partial charge < -0.3 is 15.0 Å². The van der Waals surface area contributed by atoms with Gasteiger partial charge in [-0.05, 0) is 67.8 Å². The number of methoxy groups -OCH3 is 1. The van der Waals surface area contributed by atoms with Gasteiger partial charge in [-0.1, -0.05) is 50.2 Å². The molecular formula is C31H36F3N3O5S. The van der Waals surface area contributed by atoms with Crippen molar-refractivity contribution < 1.29 is 35.9 Å². The highest BCUT2D eigenvalue weighted by Crippen LogP contribution is 2.33. The van der Waals surface area contributed by atoms with Crippen molar-refractivity contribution in [3.8, 4) is 5.75 Å². The van der Waals surface area contributed by atoms with Crippen LogP contribution in [-0.2, 0) is 32.3 Å². The fraction of sp³-hybridized carbons (Fsp3) is 0.355. The predicted molar refractivity (Wildman–Crippen MR) is 158 cm³/mol. The number of carbonyl (C=O) groups excluding carboxylic acids is 2. The average molecular weight is 620 g/mol. The zero-order valence-corrected chi connectivity index (χ0v) is 25.3. The number of amides is 2. The van der Waals surface area contributed by atoms with E-state index in [0.717, 1.165) is 12.1 Å². The van der Waals surface area contributed by atoms with Gasteiger partial charge in [0.05, 0.1) is 23.3 Å². The lowest BCUT2D eigenvalue weighted by Gasteiger charge is -2.34. The molecule has 43 heavy (non-hydrogen) atoms. The summed E-state index contributed by atoms with van der Waals surface area (Å²) in [5.74, 6) is -0.685. The van der Waals surface area contributed by atoms with E-state index < -0.39 is 46.2 Å². The standard InChI is InChI=1S/C31H36F3N3O5S/c1-5-22(3)35-30(39)28(6-2)36(20-23-12-10-15-26(18-23)42-4)29(38)21-37(43(40,41)27-16-8-7-9-17-27)25-14-11-13-24(19-25)31(32,33)34/h7-19,22,28H,5-6,20-21H2,1-4H3,(H,35,39)/t22-,28-/m0/s1. The smallest absolute Gasteiger partial charge is 0.416 e. The summed E-state index contributed by atoms with van der Waals surface area (Å²) in [6.45, 7) is 4.50. The van der Waals surface area contributed by atoms with Gasteiger partial charge in [0.1, 0.15) is 18.3 Å². The number of benzene rings is 3. The number of rotatable bonds is 13. The number of hydrogen-bond acceptors (Lipinski definition) is 5. The van der Waals surface area contributed by atoms with Crippen molar-refractivity contribution in [2.75, 3.05) is 18.0 Å². The molecule has 0 bridgehead atoms. The van der Waals surface area contributed by atoms with Crippen LogP contribution in [0.25, 0.3) is 0 Å². The summed E-state index contributed by atoms with van der Waals surface area (Å²) in [5, 5.41) is 2.88. The fourth-order valence-electron chi connectivity index (χ4n) is 4.41. The molecule has 0 aliphatic heterocycles. The first-order valence-electron chi connectivity index (χ1n) is 13.8. The number of anilines is 1. The Labute approximate surface area is 250 Å². The Morgan fingerprint density at radius 3 is 2.21 bits per heavy atom. The molecule has 0 radical (unpaired) electrons. The van der Waals surface area contributed by atoms with Gasteiger partial charge in [0.2, 0.25) is 11.8 Å². The Kier molecular flexibility index (Phi) is 11.2. The van der Waals surface area contributed by atoms with Crippen molar-refractivity contribution in [3.63, 3.8) is 0 Å². The fourth-order valence-corrected chi connectivity index (χ4v) is 5.84. The van der Waals surface area contributed by atoms with E-state index in [1.54, 1.807) is 37.3 Å². The molecule has 0 aromatic heterocycles. The van der Waals surface area contributed by atoms with Crippen molar-refractivity contribution in [2.24, 2.45) is 0 Å². The Hall–Kier alpha value is -4.06. The van der Waals surface area contributed by atoms with Crippen molar-refractivity contribution in [1.29, 1.82) is 0 Å². The van der Waals surface area contributed by atoms with Crippen LogP contribution in [0, 0.1) is 0 Å². The number of carbonyl (C=O) groups is 2. The number of hydrogen-bond donors (Lipinski definition) is 1. The number of nitrogens with zero attached hydrogens (tertiary/aromatic N) is 2. The molecule has 3 aromatic rings. The molecule has 232 valence electrons. The first-order valence-corrected chi connectivity index (χ1v) is 15.2. The van der Waals surface area contributed by atoms with Gasteiger partial charge in [-0.15, -0.1) is 0 Å². The second kappa shape index (κ2) is 14.4.